The van der Waals surface area contributed by atoms with Gasteiger partial charge in [0.05, 0.1) is 11.0 Å². The van der Waals surface area contributed by atoms with E-state index in [4.69, 9.17) is 0 Å². The lowest BCUT2D eigenvalue weighted by Crippen LogP contribution is -2.19. The van der Waals surface area contributed by atoms with Crippen LogP contribution in [0.2, 0.25) is 0 Å². The molecule has 0 spiro atoms. The maximum Gasteiger partial charge on any atom is 0.265 e. The number of nitrogens with zero attached hydrogens (tertiary/aromatic N) is 1. The minimum Gasteiger partial charge on any atom is -0.307 e. The lowest BCUT2D eigenvalue weighted by atomic mass is 10.5. The first-order valence-electron chi connectivity index (χ1n) is 3.04. The van der Waals surface area contributed by atoms with Crippen molar-refractivity contribution in [2.24, 2.45) is 0 Å². The number of hydrogen-bond acceptors (Lipinski definition) is 2. The van der Waals surface area contributed by atoms with Crippen LogP contribution in [0.3, 0.4) is 0 Å². The van der Waals surface area contributed by atoms with E-state index < -0.39 is 0 Å². The van der Waals surface area contributed by atoms with Crippen molar-refractivity contribution >= 4 is 22.2 Å². The molecule has 0 atom stereocenters. The van der Waals surface area contributed by atoms with Gasteiger partial charge in [-0.25, -0.2) is 0 Å². The second-order valence-corrected chi connectivity index (χ2v) is 2.83. The number of carbonyl (C=O) groups excluding carboxylic acids is 1. The number of aromatic nitrogens is 1. The molecule has 1 aromatic rings. The van der Waals surface area contributed by atoms with Crippen LogP contribution in [0.25, 0.3) is 0 Å². The molecule has 0 saturated carbocycles. The zero-order chi connectivity index (χ0) is 8.27. The first-order valence-corrected chi connectivity index (χ1v) is 3.83. The van der Waals surface area contributed by atoms with Crippen molar-refractivity contribution in [1.82, 2.24) is 4.57 Å². The van der Waals surface area contributed by atoms with Crippen LogP contribution in [0.15, 0.2) is 27.6 Å². The fourth-order valence-electron chi connectivity index (χ4n) is 0.732. The molecule has 3 nitrogen and oxygen atoms in total. The number of pyridine rings is 1. The van der Waals surface area contributed by atoms with Crippen molar-refractivity contribution in [1.29, 1.82) is 0 Å². The molecule has 0 aliphatic carbocycles. The maximum absolute atomic E-state index is 11.1. The molecule has 0 saturated heterocycles. The van der Waals surface area contributed by atoms with E-state index in [0.29, 0.717) is 10.8 Å². The summed E-state index contributed by atoms with van der Waals surface area (Å²) in [6, 6.07) is 3.35. The third-order valence-electron chi connectivity index (χ3n) is 1.24. The summed E-state index contributed by atoms with van der Waals surface area (Å²) >= 11 is 3.07. The topological polar surface area (TPSA) is 39.1 Å². The van der Waals surface area contributed by atoms with Crippen molar-refractivity contribution in [3.05, 3.63) is 33.2 Å². The normalized spacial score (nSPS) is 9.55. The molecule has 1 rings (SSSR count). The Bertz CT molecular complexity index is 318. The van der Waals surface area contributed by atoms with Gasteiger partial charge in [-0.15, -0.1) is 0 Å². The van der Waals surface area contributed by atoms with Crippen LogP contribution in [0.5, 0.6) is 0 Å². The van der Waals surface area contributed by atoms with Gasteiger partial charge in [0.1, 0.15) is 6.29 Å². The lowest BCUT2D eigenvalue weighted by molar-refractivity contribution is -0.108. The van der Waals surface area contributed by atoms with Gasteiger partial charge in [0.2, 0.25) is 0 Å². The molecule has 4 heteroatoms. The molecule has 0 fully saturated rings. The molecule has 0 amide bonds. The summed E-state index contributed by atoms with van der Waals surface area (Å²) in [7, 11) is 0. The molecule has 1 heterocycles. The average molecular weight is 216 g/mol. The summed E-state index contributed by atoms with van der Waals surface area (Å²) in [5, 5.41) is 0. The number of aldehydes is 1. The van der Waals surface area contributed by atoms with Gasteiger partial charge in [0.25, 0.3) is 5.56 Å². The van der Waals surface area contributed by atoms with Gasteiger partial charge in [-0.2, -0.15) is 0 Å². The van der Waals surface area contributed by atoms with Crippen LogP contribution in [0.4, 0.5) is 0 Å². The fourth-order valence-corrected chi connectivity index (χ4v) is 1.11. The lowest BCUT2D eigenvalue weighted by Gasteiger charge is -1.98. The maximum atomic E-state index is 11.1. The minimum atomic E-state index is -0.181. The minimum absolute atomic E-state index is 0.109. The third kappa shape index (κ3) is 1.77. The summed E-state index contributed by atoms with van der Waals surface area (Å²) in [5.41, 5.74) is -0.181. The number of rotatable bonds is 2. The van der Waals surface area contributed by atoms with E-state index in [0.717, 1.165) is 0 Å². The van der Waals surface area contributed by atoms with E-state index in [1.54, 1.807) is 18.3 Å². The first kappa shape index (κ1) is 8.20. The van der Waals surface area contributed by atoms with Gasteiger partial charge < -0.3 is 9.36 Å². The largest absolute Gasteiger partial charge is 0.307 e. The van der Waals surface area contributed by atoms with E-state index in [2.05, 4.69) is 15.9 Å². The highest BCUT2D eigenvalue weighted by molar-refractivity contribution is 9.10. The van der Waals surface area contributed by atoms with Crippen molar-refractivity contribution in [3.8, 4) is 0 Å². The highest BCUT2D eigenvalue weighted by atomic mass is 79.9. The summed E-state index contributed by atoms with van der Waals surface area (Å²) < 4.78 is 1.80. The highest BCUT2D eigenvalue weighted by Crippen LogP contribution is 1.99. The number of halogens is 1. The number of carbonyl (C=O) groups is 1. The molecule has 0 bridgehead atoms. The molecule has 0 N–H and O–H groups in total. The zero-order valence-corrected chi connectivity index (χ0v) is 7.24. The Labute approximate surface area is 71.8 Å². The molecule has 0 unspecified atom stereocenters. The van der Waals surface area contributed by atoms with Crippen molar-refractivity contribution in [2.45, 2.75) is 6.54 Å². The predicted octanol–water partition coefficient (Wildman–Crippen LogP) is 0.810. The fraction of sp³-hybridized carbons (Fsp3) is 0.143. The average Bonchev–Trinajstić information content (AvgIpc) is 1.99. The third-order valence-corrected chi connectivity index (χ3v) is 1.85. The van der Waals surface area contributed by atoms with Gasteiger partial charge in [-0.05, 0) is 28.1 Å². The Kier molecular flexibility index (Phi) is 2.59. The monoisotopic (exact) mass is 215 g/mol. The number of hydrogen-bond donors (Lipinski definition) is 0. The Morgan fingerprint density at radius 3 is 3.00 bits per heavy atom. The van der Waals surface area contributed by atoms with E-state index in [9.17, 15) is 9.59 Å². The van der Waals surface area contributed by atoms with Gasteiger partial charge in [-0.1, -0.05) is 0 Å². The van der Waals surface area contributed by atoms with Crippen LogP contribution in [-0.4, -0.2) is 10.9 Å². The van der Waals surface area contributed by atoms with Crippen LogP contribution in [0.1, 0.15) is 0 Å². The van der Waals surface area contributed by atoms with E-state index in [-0.39, 0.29) is 12.1 Å². The van der Waals surface area contributed by atoms with Crippen LogP contribution in [0, 0.1) is 0 Å². The molecule has 0 aliphatic rings. The molecular formula is C7H6BrNO2. The van der Waals surface area contributed by atoms with E-state index in [1.807, 2.05) is 0 Å². The molecule has 1 aromatic heterocycles. The van der Waals surface area contributed by atoms with Gasteiger partial charge in [0.15, 0.2) is 0 Å². The molecule has 0 aromatic carbocycles. The van der Waals surface area contributed by atoms with Crippen molar-refractivity contribution in [2.75, 3.05) is 0 Å². The predicted molar refractivity (Wildman–Crippen MR) is 44.5 cm³/mol. The molecule has 0 radical (unpaired) electrons. The Morgan fingerprint density at radius 2 is 2.36 bits per heavy atom. The second kappa shape index (κ2) is 3.48. The summed E-state index contributed by atoms with van der Waals surface area (Å²) in [4.78, 5) is 21.2. The van der Waals surface area contributed by atoms with Crippen molar-refractivity contribution < 1.29 is 4.79 Å². The summed E-state index contributed by atoms with van der Waals surface area (Å²) in [6.07, 6.45) is 2.26. The Balaban J connectivity index is 3.16. The van der Waals surface area contributed by atoms with Crippen LogP contribution in [-0.2, 0) is 11.3 Å². The van der Waals surface area contributed by atoms with Crippen LogP contribution < -0.4 is 5.56 Å². The summed E-state index contributed by atoms with van der Waals surface area (Å²) in [5.74, 6) is 0. The standard InChI is InChI=1S/C7H6BrNO2/c8-6-2-1-3-9(4-5-10)7(6)11/h1-3,5H,4H2. The van der Waals surface area contributed by atoms with Crippen LogP contribution >= 0.6 is 15.9 Å². The van der Waals surface area contributed by atoms with E-state index in [1.165, 1.54) is 4.57 Å². The smallest absolute Gasteiger partial charge is 0.265 e. The van der Waals surface area contributed by atoms with Gasteiger partial charge >= 0.3 is 0 Å². The highest BCUT2D eigenvalue weighted by Gasteiger charge is 1.96. The van der Waals surface area contributed by atoms with Gasteiger partial charge in [-0.3, -0.25) is 4.79 Å². The Hall–Kier alpha value is -0.900. The molecule has 11 heavy (non-hydrogen) atoms. The summed E-state index contributed by atoms with van der Waals surface area (Å²) in [6.45, 7) is 0.109. The molecule has 0 aliphatic heterocycles. The first-order chi connectivity index (χ1) is 5.25. The Morgan fingerprint density at radius 1 is 1.64 bits per heavy atom. The quantitative estimate of drug-likeness (QED) is 0.686. The van der Waals surface area contributed by atoms with E-state index >= 15 is 0 Å². The molecule has 58 valence electrons. The molecular weight excluding hydrogens is 210 g/mol. The SMILES string of the molecule is O=CCn1cccc(Br)c1=O. The zero-order valence-electron chi connectivity index (χ0n) is 5.66. The second-order valence-electron chi connectivity index (χ2n) is 1.98. The van der Waals surface area contributed by atoms with Gasteiger partial charge in [0, 0.05) is 6.20 Å². The van der Waals surface area contributed by atoms with Crippen molar-refractivity contribution in [3.63, 3.8) is 0 Å².